The van der Waals surface area contributed by atoms with Crippen molar-refractivity contribution in [2.75, 3.05) is 19.8 Å². The van der Waals surface area contributed by atoms with Gasteiger partial charge in [-0.25, -0.2) is 0 Å². The first-order valence-corrected chi connectivity index (χ1v) is 8.50. The molecule has 0 aromatic heterocycles. The number of hydrogen-bond donors (Lipinski definition) is 3. The summed E-state index contributed by atoms with van der Waals surface area (Å²) in [5.41, 5.74) is -0.0664. The monoisotopic (exact) mass is 346 g/mol. The van der Waals surface area contributed by atoms with Gasteiger partial charge in [0, 0.05) is 36.9 Å². The lowest BCUT2D eigenvalue weighted by atomic mass is 9.80. The lowest BCUT2D eigenvalue weighted by Crippen LogP contribution is -2.46. The van der Waals surface area contributed by atoms with Gasteiger partial charge < -0.3 is 20.5 Å². The van der Waals surface area contributed by atoms with Gasteiger partial charge in [0.25, 0.3) is 11.8 Å². The molecule has 1 aliphatic carbocycles. The van der Waals surface area contributed by atoms with E-state index in [2.05, 4.69) is 10.6 Å². The summed E-state index contributed by atoms with van der Waals surface area (Å²) in [6, 6.07) is 6.65. The summed E-state index contributed by atoms with van der Waals surface area (Å²) in [7, 11) is 0. The van der Waals surface area contributed by atoms with Crippen LogP contribution in [0.4, 0.5) is 0 Å². The van der Waals surface area contributed by atoms with Crippen molar-refractivity contribution in [3.05, 3.63) is 35.4 Å². The lowest BCUT2D eigenvalue weighted by Gasteiger charge is -2.33. The molecule has 0 bridgehead atoms. The minimum absolute atomic E-state index is 0.0639. The average molecular weight is 346 g/mol. The summed E-state index contributed by atoms with van der Waals surface area (Å²) in [4.78, 5) is 35.8. The lowest BCUT2D eigenvalue weighted by molar-refractivity contribution is -0.154. The Labute approximate surface area is 145 Å². The third kappa shape index (κ3) is 4.17. The van der Waals surface area contributed by atoms with E-state index < -0.39 is 11.4 Å². The number of aliphatic carboxylic acids is 1. The third-order valence-electron chi connectivity index (χ3n) is 4.81. The molecule has 0 unspecified atom stereocenters. The first-order chi connectivity index (χ1) is 12.0. The van der Waals surface area contributed by atoms with Crippen molar-refractivity contribution in [2.45, 2.75) is 31.7 Å². The maximum atomic E-state index is 12.3. The van der Waals surface area contributed by atoms with Gasteiger partial charge in [-0.05, 0) is 49.9 Å². The van der Waals surface area contributed by atoms with Crippen molar-refractivity contribution in [2.24, 2.45) is 5.41 Å². The Bertz CT molecular complexity index is 661. The van der Waals surface area contributed by atoms with Crippen LogP contribution in [-0.2, 0) is 9.53 Å². The van der Waals surface area contributed by atoms with Gasteiger partial charge in [0.2, 0.25) is 0 Å². The molecular weight excluding hydrogens is 324 g/mol. The van der Waals surface area contributed by atoms with Crippen molar-refractivity contribution in [1.29, 1.82) is 0 Å². The van der Waals surface area contributed by atoms with Gasteiger partial charge in [0.15, 0.2) is 0 Å². The molecule has 7 heteroatoms. The first kappa shape index (κ1) is 17.4. The molecule has 1 aliphatic heterocycles. The largest absolute Gasteiger partial charge is 0.481 e. The SMILES string of the molecule is O=C(NCC1(C(=O)O)CCOCC1)c1ccc(C(=O)NC2CC2)cc1. The van der Waals surface area contributed by atoms with Gasteiger partial charge in [-0.15, -0.1) is 0 Å². The predicted octanol–water partition coefficient (Wildman–Crippen LogP) is 1.19. The highest BCUT2D eigenvalue weighted by Gasteiger charge is 2.40. The maximum absolute atomic E-state index is 12.3. The molecular formula is C18H22N2O5. The Hall–Kier alpha value is -2.41. The number of ether oxygens (including phenoxy) is 1. The molecule has 7 nitrogen and oxygen atoms in total. The van der Waals surface area contributed by atoms with Crippen LogP contribution in [0.15, 0.2) is 24.3 Å². The second-order valence-corrected chi connectivity index (χ2v) is 6.71. The third-order valence-corrected chi connectivity index (χ3v) is 4.81. The summed E-state index contributed by atoms with van der Waals surface area (Å²) in [5, 5.41) is 15.1. The molecule has 25 heavy (non-hydrogen) atoms. The van der Waals surface area contributed by atoms with Crippen LogP contribution in [0.2, 0.25) is 0 Å². The molecule has 2 aliphatic rings. The normalized spacial score (nSPS) is 19.0. The fourth-order valence-corrected chi connectivity index (χ4v) is 2.85. The highest BCUT2D eigenvalue weighted by atomic mass is 16.5. The highest BCUT2D eigenvalue weighted by molar-refractivity contribution is 5.98. The number of nitrogens with one attached hydrogen (secondary N) is 2. The van der Waals surface area contributed by atoms with Crippen molar-refractivity contribution < 1.29 is 24.2 Å². The van der Waals surface area contributed by atoms with Gasteiger partial charge in [-0.1, -0.05) is 0 Å². The van der Waals surface area contributed by atoms with Crippen molar-refractivity contribution in [3.63, 3.8) is 0 Å². The summed E-state index contributed by atoms with van der Waals surface area (Å²) in [6.07, 6.45) is 2.79. The number of carboxylic acids is 1. The number of rotatable bonds is 6. The Morgan fingerprint density at radius 1 is 1.04 bits per heavy atom. The van der Waals surface area contributed by atoms with Gasteiger partial charge in [0.05, 0.1) is 5.41 Å². The standard InChI is InChI=1S/C18H22N2O5/c21-15(19-11-18(17(23)24)7-9-25-10-8-18)12-1-3-13(4-2-12)16(22)20-14-5-6-14/h1-4,14H,5-11H2,(H,19,21)(H,20,22)(H,23,24). The van der Waals surface area contributed by atoms with E-state index in [9.17, 15) is 19.5 Å². The van der Waals surface area contributed by atoms with Crippen LogP contribution in [0.5, 0.6) is 0 Å². The molecule has 1 saturated carbocycles. The van der Waals surface area contributed by atoms with Crippen molar-refractivity contribution in [1.82, 2.24) is 10.6 Å². The number of benzene rings is 1. The fourth-order valence-electron chi connectivity index (χ4n) is 2.85. The van der Waals surface area contributed by atoms with Gasteiger partial charge in [-0.2, -0.15) is 0 Å². The van der Waals surface area contributed by atoms with E-state index in [0.29, 0.717) is 37.2 Å². The van der Waals surface area contributed by atoms with Crippen LogP contribution < -0.4 is 10.6 Å². The van der Waals surface area contributed by atoms with E-state index in [0.717, 1.165) is 12.8 Å². The van der Waals surface area contributed by atoms with E-state index in [4.69, 9.17) is 4.74 Å². The number of carbonyl (C=O) groups is 3. The predicted molar refractivity (Wildman–Crippen MR) is 89.4 cm³/mol. The van der Waals surface area contributed by atoms with Gasteiger partial charge in [0.1, 0.15) is 0 Å². The van der Waals surface area contributed by atoms with Crippen LogP contribution >= 0.6 is 0 Å². The molecule has 1 aromatic carbocycles. The van der Waals surface area contributed by atoms with E-state index in [1.165, 1.54) is 0 Å². The van der Waals surface area contributed by atoms with Crippen LogP contribution in [0, 0.1) is 5.41 Å². The minimum Gasteiger partial charge on any atom is -0.481 e. The second kappa shape index (κ2) is 7.23. The zero-order valence-electron chi connectivity index (χ0n) is 13.9. The summed E-state index contributed by atoms with van der Waals surface area (Å²) in [6.45, 7) is 0.828. The minimum atomic E-state index is -0.974. The summed E-state index contributed by atoms with van der Waals surface area (Å²) >= 11 is 0. The Morgan fingerprint density at radius 3 is 2.12 bits per heavy atom. The molecule has 1 heterocycles. The number of carbonyl (C=O) groups excluding carboxylic acids is 2. The average Bonchev–Trinajstić information content (AvgIpc) is 3.44. The summed E-state index contributed by atoms with van der Waals surface area (Å²) < 4.78 is 5.22. The molecule has 2 amide bonds. The van der Waals surface area contributed by atoms with E-state index in [1.807, 2.05) is 0 Å². The molecule has 3 rings (SSSR count). The molecule has 0 atom stereocenters. The molecule has 1 aromatic rings. The molecule has 2 fully saturated rings. The molecule has 0 radical (unpaired) electrons. The van der Waals surface area contributed by atoms with E-state index in [-0.39, 0.29) is 24.4 Å². The topological polar surface area (TPSA) is 105 Å². The smallest absolute Gasteiger partial charge is 0.311 e. The second-order valence-electron chi connectivity index (χ2n) is 6.71. The number of carboxylic acid groups (broad SMARTS) is 1. The highest BCUT2D eigenvalue weighted by Crippen LogP contribution is 2.30. The molecule has 0 spiro atoms. The Kier molecular flexibility index (Phi) is 5.03. The Morgan fingerprint density at radius 2 is 1.60 bits per heavy atom. The molecule has 1 saturated heterocycles. The summed E-state index contributed by atoms with van der Waals surface area (Å²) in [5.74, 6) is -1.40. The fraction of sp³-hybridized carbons (Fsp3) is 0.500. The van der Waals surface area contributed by atoms with Gasteiger partial charge >= 0.3 is 5.97 Å². The van der Waals surface area contributed by atoms with Crippen LogP contribution in [0.1, 0.15) is 46.4 Å². The quantitative estimate of drug-likeness (QED) is 0.718. The van der Waals surface area contributed by atoms with Crippen LogP contribution in [0.3, 0.4) is 0 Å². The zero-order valence-corrected chi connectivity index (χ0v) is 13.9. The Balaban J connectivity index is 1.58. The maximum Gasteiger partial charge on any atom is 0.311 e. The molecule has 3 N–H and O–H groups in total. The first-order valence-electron chi connectivity index (χ1n) is 8.50. The van der Waals surface area contributed by atoms with E-state index >= 15 is 0 Å². The van der Waals surface area contributed by atoms with Crippen molar-refractivity contribution >= 4 is 17.8 Å². The van der Waals surface area contributed by atoms with Crippen molar-refractivity contribution in [3.8, 4) is 0 Å². The van der Waals surface area contributed by atoms with E-state index in [1.54, 1.807) is 24.3 Å². The van der Waals surface area contributed by atoms with Gasteiger partial charge in [-0.3, -0.25) is 14.4 Å². The zero-order chi connectivity index (χ0) is 17.9. The molecule has 134 valence electrons. The van der Waals surface area contributed by atoms with Crippen LogP contribution in [0.25, 0.3) is 0 Å². The number of amides is 2. The van der Waals surface area contributed by atoms with Crippen LogP contribution in [-0.4, -0.2) is 48.7 Å². The number of hydrogen-bond acceptors (Lipinski definition) is 4.